The van der Waals surface area contributed by atoms with Gasteiger partial charge in [-0.1, -0.05) is 13.0 Å². The Kier molecular flexibility index (Phi) is 3.37. The Morgan fingerprint density at radius 3 is 2.81 bits per heavy atom. The summed E-state index contributed by atoms with van der Waals surface area (Å²) in [5.74, 6) is -0.327. The van der Waals surface area contributed by atoms with Gasteiger partial charge in [0.15, 0.2) is 0 Å². The van der Waals surface area contributed by atoms with E-state index in [9.17, 15) is 14.7 Å². The number of aromatic carboxylic acids is 1. The van der Waals surface area contributed by atoms with Crippen LogP contribution < -0.4 is 5.32 Å². The Balaban J connectivity index is 2.01. The Morgan fingerprint density at radius 1 is 1.43 bits per heavy atom. The van der Waals surface area contributed by atoms with Gasteiger partial charge in [0.05, 0.1) is 11.1 Å². The highest BCUT2D eigenvalue weighted by Gasteiger charge is 2.24. The molecule has 0 aliphatic heterocycles. The van der Waals surface area contributed by atoms with Crippen LogP contribution in [0.3, 0.4) is 0 Å². The molecule has 21 heavy (non-hydrogen) atoms. The molecule has 0 bridgehead atoms. The van der Waals surface area contributed by atoms with Gasteiger partial charge >= 0.3 is 5.97 Å². The standard InChI is InChI=1S/C15H17N3O3/c1-2-12-17-14-10(15(20)21)4-3-5-11(14)18(12)8-13(19)16-9-6-7-9/h3-5,9H,2,6-8H2,1H3,(H,16,19)(H,20,21). The van der Waals surface area contributed by atoms with Crippen LogP contribution in [0.2, 0.25) is 0 Å². The Labute approximate surface area is 121 Å². The maximum absolute atomic E-state index is 12.0. The van der Waals surface area contributed by atoms with Crippen LogP contribution >= 0.6 is 0 Å². The predicted octanol–water partition coefficient (Wildman–Crippen LogP) is 1.58. The summed E-state index contributed by atoms with van der Waals surface area (Å²) in [6.45, 7) is 2.12. The number of aryl methyl sites for hydroxylation is 1. The van der Waals surface area contributed by atoms with Gasteiger partial charge in [-0.05, 0) is 25.0 Å². The first kappa shape index (κ1) is 13.6. The van der Waals surface area contributed by atoms with Crippen LogP contribution in [0, 0.1) is 0 Å². The van der Waals surface area contributed by atoms with E-state index in [4.69, 9.17) is 0 Å². The largest absolute Gasteiger partial charge is 0.478 e. The molecule has 1 fully saturated rings. The smallest absolute Gasteiger partial charge is 0.337 e. The second-order valence-corrected chi connectivity index (χ2v) is 5.29. The van der Waals surface area contributed by atoms with Gasteiger partial charge < -0.3 is 15.0 Å². The van der Waals surface area contributed by atoms with E-state index in [1.54, 1.807) is 16.7 Å². The molecule has 1 aliphatic rings. The fourth-order valence-corrected chi connectivity index (χ4v) is 2.46. The van der Waals surface area contributed by atoms with Crippen molar-refractivity contribution in [3.63, 3.8) is 0 Å². The summed E-state index contributed by atoms with van der Waals surface area (Å²) >= 11 is 0. The number of hydrogen-bond acceptors (Lipinski definition) is 3. The van der Waals surface area contributed by atoms with Gasteiger partial charge in [0.2, 0.25) is 5.91 Å². The van der Waals surface area contributed by atoms with E-state index in [0.717, 1.165) is 18.7 Å². The normalized spacial score (nSPS) is 14.3. The number of carboxylic acid groups (broad SMARTS) is 1. The summed E-state index contributed by atoms with van der Waals surface area (Å²) in [7, 11) is 0. The zero-order valence-corrected chi connectivity index (χ0v) is 11.8. The third-order valence-corrected chi connectivity index (χ3v) is 3.65. The number of nitrogens with one attached hydrogen (secondary N) is 1. The van der Waals surface area contributed by atoms with E-state index in [1.807, 2.05) is 6.92 Å². The third-order valence-electron chi connectivity index (χ3n) is 3.65. The number of para-hydroxylation sites is 1. The van der Waals surface area contributed by atoms with Crippen molar-refractivity contribution < 1.29 is 14.7 Å². The van der Waals surface area contributed by atoms with Crippen LogP contribution in [0.5, 0.6) is 0 Å². The summed E-state index contributed by atoms with van der Waals surface area (Å²) in [5, 5.41) is 12.2. The average Bonchev–Trinajstić information content (AvgIpc) is 3.19. The number of fused-ring (bicyclic) bond motifs is 1. The molecule has 110 valence electrons. The number of nitrogens with zero attached hydrogens (tertiary/aromatic N) is 2. The summed E-state index contributed by atoms with van der Waals surface area (Å²) in [6, 6.07) is 5.33. The van der Waals surface area contributed by atoms with Crippen LogP contribution in [0.25, 0.3) is 11.0 Å². The summed E-state index contributed by atoms with van der Waals surface area (Å²) in [5.41, 5.74) is 1.31. The van der Waals surface area contributed by atoms with Crippen molar-refractivity contribution in [2.75, 3.05) is 0 Å². The van der Waals surface area contributed by atoms with E-state index in [-0.39, 0.29) is 18.0 Å². The molecule has 0 atom stereocenters. The van der Waals surface area contributed by atoms with Crippen molar-refractivity contribution in [3.05, 3.63) is 29.6 Å². The molecule has 0 unspecified atom stereocenters. The molecule has 1 heterocycles. The minimum atomic E-state index is -1.00. The molecule has 6 heteroatoms. The second kappa shape index (κ2) is 5.20. The van der Waals surface area contributed by atoms with Crippen molar-refractivity contribution in [1.82, 2.24) is 14.9 Å². The van der Waals surface area contributed by atoms with Crippen molar-refractivity contribution in [2.24, 2.45) is 0 Å². The molecule has 0 spiro atoms. The topological polar surface area (TPSA) is 84.2 Å². The van der Waals surface area contributed by atoms with E-state index in [1.165, 1.54) is 6.07 Å². The molecule has 1 aliphatic carbocycles. The maximum atomic E-state index is 12.0. The minimum absolute atomic E-state index is 0.0489. The Hall–Kier alpha value is -2.37. The molecule has 6 nitrogen and oxygen atoms in total. The molecule has 1 amide bonds. The predicted molar refractivity (Wildman–Crippen MR) is 77.2 cm³/mol. The van der Waals surface area contributed by atoms with Gasteiger partial charge in [-0.2, -0.15) is 0 Å². The molecule has 1 aromatic heterocycles. The highest BCUT2D eigenvalue weighted by atomic mass is 16.4. The van der Waals surface area contributed by atoms with Gasteiger partial charge in [0, 0.05) is 12.5 Å². The number of aromatic nitrogens is 2. The maximum Gasteiger partial charge on any atom is 0.337 e. The summed E-state index contributed by atoms with van der Waals surface area (Å²) in [6.07, 6.45) is 2.73. The van der Waals surface area contributed by atoms with Gasteiger partial charge in [-0.25, -0.2) is 9.78 Å². The molecule has 0 saturated heterocycles. The molecule has 2 N–H and O–H groups in total. The van der Waals surface area contributed by atoms with Gasteiger partial charge in [0.25, 0.3) is 0 Å². The molecule has 1 aromatic carbocycles. The van der Waals surface area contributed by atoms with E-state index >= 15 is 0 Å². The fourth-order valence-electron chi connectivity index (χ4n) is 2.46. The lowest BCUT2D eigenvalue weighted by atomic mass is 10.2. The van der Waals surface area contributed by atoms with Crippen LogP contribution in [0.15, 0.2) is 18.2 Å². The number of rotatable bonds is 5. The van der Waals surface area contributed by atoms with Crippen molar-refractivity contribution in [1.29, 1.82) is 0 Å². The third kappa shape index (κ3) is 2.61. The van der Waals surface area contributed by atoms with Gasteiger partial charge in [0.1, 0.15) is 17.9 Å². The Morgan fingerprint density at radius 2 is 2.19 bits per heavy atom. The zero-order valence-electron chi connectivity index (χ0n) is 11.8. The van der Waals surface area contributed by atoms with Crippen LogP contribution in [0.1, 0.15) is 35.9 Å². The summed E-state index contributed by atoms with van der Waals surface area (Å²) in [4.78, 5) is 27.7. The Bertz CT molecular complexity index is 716. The van der Waals surface area contributed by atoms with Crippen molar-refractivity contribution >= 4 is 22.9 Å². The van der Waals surface area contributed by atoms with E-state index in [0.29, 0.717) is 23.5 Å². The zero-order chi connectivity index (χ0) is 15.0. The molecule has 1 saturated carbocycles. The molecular weight excluding hydrogens is 270 g/mol. The molecule has 2 aromatic rings. The lowest BCUT2D eigenvalue weighted by Crippen LogP contribution is -2.29. The lowest BCUT2D eigenvalue weighted by molar-refractivity contribution is -0.121. The first-order chi connectivity index (χ1) is 10.1. The van der Waals surface area contributed by atoms with Gasteiger partial charge in [-0.15, -0.1) is 0 Å². The molecule has 0 radical (unpaired) electrons. The molecular formula is C15H17N3O3. The summed E-state index contributed by atoms with van der Waals surface area (Å²) < 4.78 is 1.81. The highest BCUT2D eigenvalue weighted by molar-refractivity contribution is 6.01. The number of benzene rings is 1. The van der Waals surface area contributed by atoms with Crippen LogP contribution in [0.4, 0.5) is 0 Å². The van der Waals surface area contributed by atoms with Crippen molar-refractivity contribution in [2.45, 2.75) is 38.8 Å². The number of carbonyl (C=O) groups excluding carboxylic acids is 1. The van der Waals surface area contributed by atoms with Crippen molar-refractivity contribution in [3.8, 4) is 0 Å². The van der Waals surface area contributed by atoms with E-state index in [2.05, 4.69) is 10.3 Å². The fraction of sp³-hybridized carbons (Fsp3) is 0.400. The average molecular weight is 287 g/mol. The number of carbonyl (C=O) groups is 2. The van der Waals surface area contributed by atoms with Crippen LogP contribution in [-0.2, 0) is 17.8 Å². The lowest BCUT2D eigenvalue weighted by Gasteiger charge is -2.08. The highest BCUT2D eigenvalue weighted by Crippen LogP contribution is 2.22. The quantitative estimate of drug-likeness (QED) is 0.874. The SMILES string of the molecule is CCc1nc2c(C(=O)O)cccc2n1CC(=O)NC1CC1. The second-order valence-electron chi connectivity index (χ2n) is 5.29. The number of carboxylic acids is 1. The monoisotopic (exact) mass is 287 g/mol. The number of amides is 1. The first-order valence-corrected chi connectivity index (χ1v) is 7.11. The molecule has 3 rings (SSSR count). The van der Waals surface area contributed by atoms with Gasteiger partial charge in [-0.3, -0.25) is 4.79 Å². The number of hydrogen-bond donors (Lipinski definition) is 2. The van der Waals surface area contributed by atoms with Crippen LogP contribution in [-0.4, -0.2) is 32.6 Å². The first-order valence-electron chi connectivity index (χ1n) is 7.11. The van der Waals surface area contributed by atoms with E-state index < -0.39 is 5.97 Å². The number of imidazole rings is 1. The minimum Gasteiger partial charge on any atom is -0.478 e.